The van der Waals surface area contributed by atoms with Gasteiger partial charge < -0.3 is 19.9 Å². The van der Waals surface area contributed by atoms with Crippen LogP contribution in [0.4, 0.5) is 5.69 Å². The number of nitrogens with zero attached hydrogens (tertiary/aromatic N) is 3. The van der Waals surface area contributed by atoms with Gasteiger partial charge in [0.2, 0.25) is 11.8 Å². The summed E-state index contributed by atoms with van der Waals surface area (Å²) in [6, 6.07) is 19.7. The minimum absolute atomic E-state index is 0.0967. The van der Waals surface area contributed by atoms with Gasteiger partial charge in [0.05, 0.1) is 24.9 Å². The number of anilines is 1. The number of para-hydroxylation sites is 2. The molecule has 4 rings (SSSR count). The van der Waals surface area contributed by atoms with Crippen LogP contribution in [0.15, 0.2) is 79.3 Å². The highest BCUT2D eigenvalue weighted by atomic mass is 16.5. The normalized spacial score (nSPS) is 10.8. The topological polar surface area (TPSA) is 90.2 Å². The maximum Gasteiger partial charge on any atom is 0.241 e. The fraction of sp³-hybridized carbons (Fsp3) is 0.240. The smallest absolute Gasteiger partial charge is 0.241 e. The standard InChI is InChI=1S/C25H27N5O3/c31-24(12-16-33-22-8-2-1-3-9-22)28-21-17-27-30(18-21)19-25(32)26-13-6-14-29-15-11-20-7-4-5-10-23(20)29/h1-5,7-11,15,17-18H,6,12-14,16,19H2,(H,26,32)(H,28,31). The number of nitrogens with one attached hydrogen (secondary N) is 2. The highest BCUT2D eigenvalue weighted by Crippen LogP contribution is 2.15. The lowest BCUT2D eigenvalue weighted by atomic mass is 10.2. The Bertz CT molecular complexity index is 1200. The summed E-state index contributed by atoms with van der Waals surface area (Å²) in [5.41, 5.74) is 1.74. The van der Waals surface area contributed by atoms with Gasteiger partial charge in [0.1, 0.15) is 12.3 Å². The molecule has 0 aliphatic rings. The third kappa shape index (κ3) is 6.46. The number of rotatable bonds is 11. The van der Waals surface area contributed by atoms with Crippen molar-refractivity contribution >= 4 is 28.4 Å². The van der Waals surface area contributed by atoms with Gasteiger partial charge in [-0.2, -0.15) is 5.10 Å². The number of aryl methyl sites for hydroxylation is 1. The summed E-state index contributed by atoms with van der Waals surface area (Å²) in [5, 5.41) is 11.0. The quantitative estimate of drug-likeness (QED) is 0.346. The minimum atomic E-state index is -0.174. The number of aromatic nitrogens is 3. The lowest BCUT2D eigenvalue weighted by molar-refractivity contribution is -0.121. The molecule has 0 saturated carbocycles. The summed E-state index contributed by atoms with van der Waals surface area (Å²) >= 11 is 0. The largest absolute Gasteiger partial charge is 0.493 e. The van der Waals surface area contributed by atoms with Crippen molar-refractivity contribution in [2.45, 2.75) is 25.9 Å². The molecule has 0 aliphatic carbocycles. The van der Waals surface area contributed by atoms with E-state index in [1.807, 2.05) is 42.5 Å². The predicted octanol–water partition coefficient (Wildman–Crippen LogP) is 3.45. The molecule has 4 aromatic rings. The van der Waals surface area contributed by atoms with Crippen LogP contribution in [0.1, 0.15) is 12.8 Å². The molecule has 2 heterocycles. The van der Waals surface area contributed by atoms with Crippen molar-refractivity contribution in [3.8, 4) is 5.75 Å². The van der Waals surface area contributed by atoms with Crippen molar-refractivity contribution in [2.75, 3.05) is 18.5 Å². The molecule has 2 N–H and O–H groups in total. The summed E-state index contributed by atoms with van der Waals surface area (Å²) < 4.78 is 9.22. The van der Waals surface area contributed by atoms with Crippen molar-refractivity contribution in [1.29, 1.82) is 0 Å². The van der Waals surface area contributed by atoms with Crippen LogP contribution in [0, 0.1) is 0 Å². The first-order valence-corrected chi connectivity index (χ1v) is 11.0. The van der Waals surface area contributed by atoms with Crippen molar-refractivity contribution in [2.24, 2.45) is 0 Å². The van der Waals surface area contributed by atoms with Crippen molar-refractivity contribution in [1.82, 2.24) is 19.7 Å². The molecule has 0 bridgehead atoms. The van der Waals surface area contributed by atoms with E-state index in [0.717, 1.165) is 18.7 Å². The predicted molar refractivity (Wildman–Crippen MR) is 127 cm³/mol. The average molecular weight is 446 g/mol. The lowest BCUT2D eigenvalue weighted by Crippen LogP contribution is -2.29. The van der Waals surface area contributed by atoms with Crippen molar-refractivity contribution in [3.63, 3.8) is 0 Å². The molecule has 2 aromatic carbocycles. The number of benzene rings is 2. The van der Waals surface area contributed by atoms with E-state index in [0.29, 0.717) is 12.2 Å². The van der Waals surface area contributed by atoms with E-state index in [1.165, 1.54) is 21.8 Å². The highest BCUT2D eigenvalue weighted by Gasteiger charge is 2.08. The zero-order valence-electron chi connectivity index (χ0n) is 18.3. The summed E-state index contributed by atoms with van der Waals surface area (Å²) in [7, 11) is 0. The van der Waals surface area contributed by atoms with E-state index in [-0.39, 0.29) is 31.4 Å². The van der Waals surface area contributed by atoms with Crippen molar-refractivity contribution < 1.29 is 14.3 Å². The van der Waals surface area contributed by atoms with Crippen LogP contribution in [0.3, 0.4) is 0 Å². The van der Waals surface area contributed by atoms with E-state index in [1.54, 1.807) is 6.20 Å². The molecule has 0 unspecified atom stereocenters. The van der Waals surface area contributed by atoms with Crippen LogP contribution in [-0.4, -0.2) is 39.3 Å². The maximum absolute atomic E-state index is 12.2. The maximum atomic E-state index is 12.2. The molecule has 33 heavy (non-hydrogen) atoms. The Morgan fingerprint density at radius 2 is 1.79 bits per heavy atom. The Morgan fingerprint density at radius 1 is 0.970 bits per heavy atom. The van der Waals surface area contributed by atoms with Gasteiger partial charge in [0.15, 0.2) is 0 Å². The average Bonchev–Trinajstić information content (AvgIpc) is 3.44. The highest BCUT2D eigenvalue weighted by molar-refractivity contribution is 5.90. The number of amides is 2. The SMILES string of the molecule is O=C(Cn1cc(NC(=O)CCOc2ccccc2)cn1)NCCCn1ccc2ccccc21. The van der Waals surface area contributed by atoms with Gasteiger partial charge >= 0.3 is 0 Å². The molecular weight excluding hydrogens is 418 g/mol. The van der Waals surface area contributed by atoms with E-state index < -0.39 is 0 Å². The van der Waals surface area contributed by atoms with Crippen LogP contribution < -0.4 is 15.4 Å². The lowest BCUT2D eigenvalue weighted by Gasteiger charge is -2.07. The number of hydrogen-bond acceptors (Lipinski definition) is 4. The number of carbonyl (C=O) groups excluding carboxylic acids is 2. The van der Waals surface area contributed by atoms with Gasteiger partial charge in [-0.15, -0.1) is 0 Å². The molecule has 2 aromatic heterocycles. The second-order valence-electron chi connectivity index (χ2n) is 7.66. The molecule has 0 spiro atoms. The van der Waals surface area contributed by atoms with Crippen LogP contribution in [0.25, 0.3) is 10.9 Å². The summed E-state index contributed by atoms with van der Waals surface area (Å²) in [6.07, 6.45) is 6.29. The first-order valence-electron chi connectivity index (χ1n) is 11.0. The van der Waals surface area contributed by atoms with Gasteiger partial charge in [0.25, 0.3) is 0 Å². The summed E-state index contributed by atoms with van der Waals surface area (Å²) in [6.45, 7) is 1.79. The Morgan fingerprint density at radius 3 is 2.67 bits per heavy atom. The van der Waals surface area contributed by atoms with Gasteiger partial charge in [-0.3, -0.25) is 14.3 Å². The number of carbonyl (C=O) groups is 2. The summed E-state index contributed by atoms with van der Waals surface area (Å²) in [5.74, 6) is 0.433. The van der Waals surface area contributed by atoms with E-state index >= 15 is 0 Å². The number of fused-ring (bicyclic) bond motifs is 1. The Labute approximate surface area is 192 Å². The Balaban J connectivity index is 1.13. The second kappa shape index (κ2) is 11.0. The molecule has 170 valence electrons. The monoisotopic (exact) mass is 445 g/mol. The third-order valence-corrected chi connectivity index (χ3v) is 5.14. The Hall–Kier alpha value is -4.07. The molecule has 0 radical (unpaired) electrons. The molecule has 8 heteroatoms. The fourth-order valence-corrected chi connectivity index (χ4v) is 3.53. The second-order valence-corrected chi connectivity index (χ2v) is 7.66. The first kappa shape index (κ1) is 22.1. The van der Waals surface area contributed by atoms with E-state index in [4.69, 9.17) is 4.74 Å². The zero-order valence-corrected chi connectivity index (χ0v) is 18.3. The van der Waals surface area contributed by atoms with Gasteiger partial charge in [-0.1, -0.05) is 36.4 Å². The molecule has 0 aliphatic heterocycles. The summed E-state index contributed by atoms with van der Waals surface area (Å²) in [4.78, 5) is 24.3. The third-order valence-electron chi connectivity index (χ3n) is 5.14. The Kier molecular flexibility index (Phi) is 7.37. The number of ether oxygens (including phenoxy) is 1. The van der Waals surface area contributed by atoms with Crippen LogP contribution in [-0.2, 0) is 22.7 Å². The fourth-order valence-electron chi connectivity index (χ4n) is 3.53. The van der Waals surface area contributed by atoms with Crippen LogP contribution in [0.2, 0.25) is 0 Å². The molecule has 8 nitrogen and oxygen atoms in total. The van der Waals surface area contributed by atoms with Crippen molar-refractivity contribution in [3.05, 3.63) is 79.3 Å². The molecule has 2 amide bonds. The molecule has 0 saturated heterocycles. The van der Waals surface area contributed by atoms with Crippen LogP contribution >= 0.6 is 0 Å². The first-order chi connectivity index (χ1) is 16.2. The minimum Gasteiger partial charge on any atom is -0.493 e. The van der Waals surface area contributed by atoms with E-state index in [9.17, 15) is 9.59 Å². The molecule has 0 fully saturated rings. The van der Waals surface area contributed by atoms with Gasteiger partial charge in [0, 0.05) is 31.0 Å². The number of hydrogen-bond donors (Lipinski definition) is 2. The zero-order chi connectivity index (χ0) is 22.9. The molecule has 0 atom stereocenters. The van der Waals surface area contributed by atoms with Gasteiger partial charge in [-0.25, -0.2) is 0 Å². The van der Waals surface area contributed by atoms with Crippen LogP contribution in [0.5, 0.6) is 5.75 Å². The molecular formula is C25H27N5O3. The van der Waals surface area contributed by atoms with Gasteiger partial charge in [-0.05, 0) is 36.1 Å². The van der Waals surface area contributed by atoms with E-state index in [2.05, 4.69) is 44.7 Å².